The van der Waals surface area contributed by atoms with Gasteiger partial charge in [-0.3, -0.25) is 0 Å². The quantitative estimate of drug-likeness (QED) is 0.862. The van der Waals surface area contributed by atoms with E-state index in [9.17, 15) is 0 Å². The van der Waals surface area contributed by atoms with Gasteiger partial charge in [-0.25, -0.2) is 0 Å². The van der Waals surface area contributed by atoms with E-state index in [1.165, 1.54) is 48.6 Å². The van der Waals surface area contributed by atoms with Crippen LogP contribution in [0.4, 0.5) is 0 Å². The van der Waals surface area contributed by atoms with Crippen molar-refractivity contribution < 1.29 is 4.74 Å². The molecule has 0 spiro atoms. The minimum absolute atomic E-state index is 0.428. The van der Waals surface area contributed by atoms with Crippen LogP contribution in [0.15, 0.2) is 22.7 Å². The fourth-order valence-electron chi connectivity index (χ4n) is 5.42. The average Bonchev–Trinajstić information content (AvgIpc) is 2.45. The summed E-state index contributed by atoms with van der Waals surface area (Å²) in [6.45, 7) is 0.948. The minimum atomic E-state index is 0.428. The molecule has 4 aliphatic carbocycles. The van der Waals surface area contributed by atoms with Crippen LogP contribution in [0.2, 0.25) is 0 Å². The smallest absolute Gasteiger partial charge is 0.119 e. The van der Waals surface area contributed by atoms with Crippen LogP contribution in [0.3, 0.4) is 0 Å². The zero-order valence-electron chi connectivity index (χ0n) is 12.7. The molecular formula is C18H24BrNO. The van der Waals surface area contributed by atoms with Crippen LogP contribution in [0.5, 0.6) is 5.75 Å². The van der Waals surface area contributed by atoms with Crippen molar-refractivity contribution in [3.8, 4) is 5.75 Å². The van der Waals surface area contributed by atoms with Crippen LogP contribution in [-0.4, -0.2) is 12.6 Å². The SMILES string of the molecule is COc1ccc(Br)c(CNC23CC4CC(CC(C4)C2)C3)c1. The molecule has 3 heteroatoms. The first-order valence-corrected chi connectivity index (χ1v) is 9.02. The third-order valence-electron chi connectivity index (χ3n) is 5.94. The van der Waals surface area contributed by atoms with Crippen molar-refractivity contribution in [2.45, 2.75) is 50.6 Å². The molecule has 1 N–H and O–H groups in total. The van der Waals surface area contributed by atoms with Gasteiger partial charge >= 0.3 is 0 Å². The number of benzene rings is 1. The molecule has 0 saturated heterocycles. The Hall–Kier alpha value is -0.540. The molecule has 4 aliphatic rings. The maximum Gasteiger partial charge on any atom is 0.119 e. The van der Waals surface area contributed by atoms with E-state index in [-0.39, 0.29) is 0 Å². The zero-order chi connectivity index (χ0) is 14.4. The van der Waals surface area contributed by atoms with Crippen molar-refractivity contribution >= 4 is 15.9 Å². The number of hydrogen-bond acceptors (Lipinski definition) is 2. The second kappa shape index (κ2) is 5.27. The summed E-state index contributed by atoms with van der Waals surface area (Å²) >= 11 is 3.68. The fourth-order valence-corrected chi connectivity index (χ4v) is 5.81. The summed E-state index contributed by atoms with van der Waals surface area (Å²) in [5.41, 5.74) is 1.74. The number of rotatable bonds is 4. The highest BCUT2D eigenvalue weighted by Gasteiger charge is 2.50. The van der Waals surface area contributed by atoms with Gasteiger partial charge in [0.15, 0.2) is 0 Å². The van der Waals surface area contributed by atoms with E-state index in [1.54, 1.807) is 7.11 Å². The van der Waals surface area contributed by atoms with E-state index >= 15 is 0 Å². The summed E-state index contributed by atoms with van der Waals surface area (Å²) in [7, 11) is 1.74. The van der Waals surface area contributed by atoms with Crippen molar-refractivity contribution in [2.24, 2.45) is 17.8 Å². The summed E-state index contributed by atoms with van der Waals surface area (Å²) in [5.74, 6) is 3.94. The topological polar surface area (TPSA) is 21.3 Å². The Kier molecular flexibility index (Phi) is 3.54. The van der Waals surface area contributed by atoms with Crippen molar-refractivity contribution in [1.82, 2.24) is 5.32 Å². The summed E-state index contributed by atoms with van der Waals surface area (Å²) < 4.78 is 6.54. The van der Waals surface area contributed by atoms with E-state index in [2.05, 4.69) is 33.4 Å². The van der Waals surface area contributed by atoms with E-state index in [1.807, 2.05) is 6.07 Å². The first-order valence-electron chi connectivity index (χ1n) is 8.23. The Morgan fingerprint density at radius 2 is 1.76 bits per heavy atom. The molecular weight excluding hydrogens is 326 g/mol. The van der Waals surface area contributed by atoms with Crippen LogP contribution in [-0.2, 0) is 6.54 Å². The lowest BCUT2D eigenvalue weighted by Gasteiger charge is -2.57. The van der Waals surface area contributed by atoms with Crippen LogP contribution in [0.1, 0.15) is 44.1 Å². The lowest BCUT2D eigenvalue weighted by Crippen LogP contribution is -2.58. The lowest BCUT2D eigenvalue weighted by molar-refractivity contribution is -0.0206. The van der Waals surface area contributed by atoms with Gasteiger partial charge in [-0.05, 0) is 80.0 Å². The van der Waals surface area contributed by atoms with Gasteiger partial charge in [0, 0.05) is 16.6 Å². The van der Waals surface area contributed by atoms with Gasteiger partial charge in [0.2, 0.25) is 0 Å². The number of hydrogen-bond donors (Lipinski definition) is 1. The fraction of sp³-hybridized carbons (Fsp3) is 0.667. The Labute approximate surface area is 135 Å². The molecule has 0 aromatic heterocycles. The van der Waals surface area contributed by atoms with E-state index in [0.29, 0.717) is 5.54 Å². The third kappa shape index (κ3) is 2.63. The first-order chi connectivity index (χ1) is 10.2. The van der Waals surface area contributed by atoms with Crippen LogP contribution in [0.25, 0.3) is 0 Å². The zero-order valence-corrected chi connectivity index (χ0v) is 14.3. The van der Waals surface area contributed by atoms with Crippen molar-refractivity contribution in [1.29, 1.82) is 0 Å². The highest BCUT2D eigenvalue weighted by Crippen LogP contribution is 2.55. The summed E-state index contributed by atoms with van der Waals surface area (Å²) in [4.78, 5) is 0. The largest absolute Gasteiger partial charge is 0.497 e. The van der Waals surface area contributed by atoms with Gasteiger partial charge in [0.1, 0.15) is 5.75 Å². The molecule has 0 amide bonds. The maximum atomic E-state index is 5.36. The van der Waals surface area contributed by atoms with Gasteiger partial charge in [0.05, 0.1) is 7.11 Å². The Bertz CT molecular complexity index is 507. The predicted molar refractivity (Wildman–Crippen MR) is 88.4 cm³/mol. The normalized spacial score (nSPS) is 37.0. The molecule has 0 unspecified atom stereocenters. The summed E-state index contributed by atoms with van der Waals surface area (Å²) in [5, 5.41) is 3.95. The number of ether oxygens (including phenoxy) is 1. The Morgan fingerprint density at radius 3 is 2.33 bits per heavy atom. The molecule has 4 fully saturated rings. The molecule has 4 saturated carbocycles. The molecule has 0 aliphatic heterocycles. The minimum Gasteiger partial charge on any atom is -0.497 e. The highest BCUT2D eigenvalue weighted by molar-refractivity contribution is 9.10. The van der Waals surface area contributed by atoms with Crippen molar-refractivity contribution in [2.75, 3.05) is 7.11 Å². The monoisotopic (exact) mass is 349 g/mol. The summed E-state index contributed by atoms with van der Waals surface area (Å²) in [6, 6.07) is 6.26. The molecule has 0 radical (unpaired) electrons. The predicted octanol–water partition coefficient (Wildman–Crippen LogP) is 4.52. The Balaban J connectivity index is 1.49. The second-order valence-corrected chi connectivity index (χ2v) is 8.36. The van der Waals surface area contributed by atoms with Gasteiger partial charge in [-0.2, -0.15) is 0 Å². The third-order valence-corrected chi connectivity index (χ3v) is 6.72. The van der Waals surface area contributed by atoms with E-state index in [0.717, 1.165) is 30.0 Å². The first kappa shape index (κ1) is 14.1. The molecule has 5 rings (SSSR count). The molecule has 1 aromatic rings. The maximum absolute atomic E-state index is 5.36. The van der Waals surface area contributed by atoms with Crippen molar-refractivity contribution in [3.63, 3.8) is 0 Å². The van der Waals surface area contributed by atoms with E-state index in [4.69, 9.17) is 4.74 Å². The molecule has 114 valence electrons. The molecule has 4 bridgehead atoms. The van der Waals surface area contributed by atoms with Crippen LogP contribution >= 0.6 is 15.9 Å². The molecule has 1 aromatic carbocycles. The highest BCUT2D eigenvalue weighted by atomic mass is 79.9. The van der Waals surface area contributed by atoms with Crippen molar-refractivity contribution in [3.05, 3.63) is 28.2 Å². The van der Waals surface area contributed by atoms with Crippen LogP contribution in [0, 0.1) is 17.8 Å². The number of methoxy groups -OCH3 is 1. The van der Waals surface area contributed by atoms with Crippen LogP contribution < -0.4 is 10.1 Å². The number of nitrogens with one attached hydrogen (secondary N) is 1. The number of halogens is 1. The standard InChI is InChI=1S/C18H24BrNO/c1-21-16-2-3-17(19)15(7-16)11-20-18-8-12-4-13(9-18)6-14(5-12)10-18/h2-3,7,12-14,20H,4-6,8-11H2,1H3. The Morgan fingerprint density at radius 1 is 1.14 bits per heavy atom. The lowest BCUT2D eigenvalue weighted by atomic mass is 9.53. The molecule has 0 heterocycles. The molecule has 0 atom stereocenters. The van der Waals surface area contributed by atoms with Gasteiger partial charge < -0.3 is 10.1 Å². The van der Waals surface area contributed by atoms with Gasteiger partial charge in [-0.15, -0.1) is 0 Å². The van der Waals surface area contributed by atoms with E-state index < -0.39 is 0 Å². The molecule has 2 nitrogen and oxygen atoms in total. The summed E-state index contributed by atoms with van der Waals surface area (Å²) in [6.07, 6.45) is 8.72. The second-order valence-electron chi connectivity index (χ2n) is 7.51. The van der Waals surface area contributed by atoms with Gasteiger partial charge in [0.25, 0.3) is 0 Å². The van der Waals surface area contributed by atoms with Gasteiger partial charge in [-0.1, -0.05) is 15.9 Å². The molecule has 21 heavy (non-hydrogen) atoms. The average molecular weight is 350 g/mol.